The van der Waals surface area contributed by atoms with Crippen molar-refractivity contribution in [3.05, 3.63) is 34.9 Å². The summed E-state index contributed by atoms with van der Waals surface area (Å²) in [5.74, 6) is 0.1000. The highest BCUT2D eigenvalue weighted by molar-refractivity contribution is 6.05. The number of carbonyl (C=O) groups excluding carboxylic acids is 3. The Balaban J connectivity index is 1.26. The topological polar surface area (TPSA) is 81.8 Å². The summed E-state index contributed by atoms with van der Waals surface area (Å²) in [4.78, 5) is 40.8. The summed E-state index contributed by atoms with van der Waals surface area (Å²) in [6.45, 7) is 4.41. The van der Waals surface area contributed by atoms with Crippen molar-refractivity contribution in [2.75, 3.05) is 19.6 Å². The molecule has 7 nitrogen and oxygen atoms in total. The first-order valence-corrected chi connectivity index (χ1v) is 11.3. The van der Waals surface area contributed by atoms with Crippen LogP contribution in [0.5, 0.6) is 0 Å². The van der Waals surface area contributed by atoms with Crippen LogP contribution in [-0.2, 0) is 22.7 Å². The van der Waals surface area contributed by atoms with E-state index >= 15 is 0 Å². The van der Waals surface area contributed by atoms with Gasteiger partial charge in [-0.3, -0.25) is 24.6 Å². The lowest BCUT2D eigenvalue weighted by atomic mass is 9.96. The van der Waals surface area contributed by atoms with E-state index in [1.54, 1.807) is 4.90 Å². The van der Waals surface area contributed by atoms with Gasteiger partial charge in [0.15, 0.2) is 0 Å². The van der Waals surface area contributed by atoms with Gasteiger partial charge in [0.05, 0.1) is 0 Å². The van der Waals surface area contributed by atoms with Crippen LogP contribution in [-0.4, -0.2) is 59.2 Å². The van der Waals surface area contributed by atoms with E-state index in [0.717, 1.165) is 43.2 Å². The molecule has 1 aromatic rings. The predicted octanol–water partition coefficient (Wildman–Crippen LogP) is 1.41. The first kappa shape index (κ1) is 19.7. The fraction of sp³-hybridized carbons (Fsp3) is 0.609. The van der Waals surface area contributed by atoms with Gasteiger partial charge in [-0.25, -0.2) is 0 Å². The minimum atomic E-state index is -0.550. The lowest BCUT2D eigenvalue weighted by Gasteiger charge is -2.36. The monoisotopic (exact) mass is 410 g/mol. The van der Waals surface area contributed by atoms with Crippen LogP contribution >= 0.6 is 0 Å². The standard InChI is InChI=1S/C23H30N4O3/c28-21-8-7-20(22(29)25-21)27-13-17-6-5-15(11-18(17)23(27)30)12-26-10-9-24-19(14-26)16-3-1-2-4-16/h5-6,11,16,19-20,24H,1-4,7-10,12-14H2,(H,25,28,29). The van der Waals surface area contributed by atoms with Crippen LogP contribution < -0.4 is 10.6 Å². The highest BCUT2D eigenvalue weighted by atomic mass is 16.2. The normalized spacial score (nSPS) is 28.1. The van der Waals surface area contributed by atoms with Gasteiger partial charge in [-0.15, -0.1) is 0 Å². The molecular weight excluding hydrogens is 380 g/mol. The third-order valence-corrected chi connectivity index (χ3v) is 7.26. The number of fused-ring (bicyclic) bond motifs is 1. The molecule has 0 aromatic heterocycles. The molecule has 1 saturated carbocycles. The zero-order valence-electron chi connectivity index (χ0n) is 17.4. The summed E-state index contributed by atoms with van der Waals surface area (Å²) in [6.07, 6.45) is 6.09. The number of piperidine rings is 1. The molecule has 3 fully saturated rings. The molecule has 2 unspecified atom stereocenters. The average Bonchev–Trinajstić information content (AvgIpc) is 3.38. The van der Waals surface area contributed by atoms with Gasteiger partial charge in [0.2, 0.25) is 11.8 Å². The number of amides is 3. The van der Waals surface area contributed by atoms with Crippen LogP contribution in [0.4, 0.5) is 0 Å². The Labute approximate surface area is 177 Å². The molecule has 30 heavy (non-hydrogen) atoms. The average molecular weight is 411 g/mol. The second-order valence-corrected chi connectivity index (χ2v) is 9.23. The lowest BCUT2D eigenvalue weighted by molar-refractivity contribution is -0.136. The highest BCUT2D eigenvalue weighted by Crippen LogP contribution is 2.30. The summed E-state index contributed by atoms with van der Waals surface area (Å²) in [5, 5.41) is 6.07. The Hall–Kier alpha value is -2.25. The predicted molar refractivity (Wildman–Crippen MR) is 112 cm³/mol. The Morgan fingerprint density at radius 1 is 1.07 bits per heavy atom. The number of hydrogen-bond donors (Lipinski definition) is 2. The van der Waals surface area contributed by atoms with E-state index < -0.39 is 6.04 Å². The second kappa shape index (κ2) is 8.12. The van der Waals surface area contributed by atoms with E-state index in [9.17, 15) is 14.4 Å². The molecule has 0 bridgehead atoms. The highest BCUT2D eigenvalue weighted by Gasteiger charge is 2.39. The molecule has 0 spiro atoms. The molecule has 4 aliphatic rings. The van der Waals surface area contributed by atoms with Crippen molar-refractivity contribution in [2.24, 2.45) is 5.92 Å². The maximum atomic E-state index is 13.0. The first-order chi connectivity index (χ1) is 14.6. The fourth-order valence-corrected chi connectivity index (χ4v) is 5.62. The summed E-state index contributed by atoms with van der Waals surface area (Å²) in [6, 6.07) is 6.19. The molecule has 2 atom stereocenters. The van der Waals surface area contributed by atoms with Gasteiger partial charge in [0.25, 0.3) is 5.91 Å². The molecule has 1 aromatic carbocycles. The summed E-state index contributed by atoms with van der Waals surface area (Å²) in [7, 11) is 0. The number of nitrogens with zero attached hydrogens (tertiary/aromatic N) is 2. The molecular formula is C23H30N4O3. The molecule has 2 N–H and O–H groups in total. The molecule has 3 aliphatic heterocycles. The third-order valence-electron chi connectivity index (χ3n) is 7.26. The minimum Gasteiger partial charge on any atom is -0.322 e. The molecule has 0 radical (unpaired) electrons. The van der Waals surface area contributed by atoms with Crippen LogP contribution in [0.15, 0.2) is 18.2 Å². The number of piperazine rings is 1. The van der Waals surface area contributed by atoms with Crippen molar-refractivity contribution in [3.63, 3.8) is 0 Å². The lowest BCUT2D eigenvalue weighted by Crippen LogP contribution is -2.52. The number of hydrogen-bond acceptors (Lipinski definition) is 5. The van der Waals surface area contributed by atoms with Gasteiger partial charge in [0.1, 0.15) is 6.04 Å². The number of imide groups is 1. The quantitative estimate of drug-likeness (QED) is 0.734. The Kier molecular flexibility index (Phi) is 5.33. The summed E-state index contributed by atoms with van der Waals surface area (Å²) >= 11 is 0. The Bertz CT molecular complexity index is 864. The van der Waals surface area contributed by atoms with Crippen molar-refractivity contribution in [2.45, 2.75) is 63.7 Å². The maximum absolute atomic E-state index is 13.0. The van der Waals surface area contributed by atoms with Crippen LogP contribution in [0.25, 0.3) is 0 Å². The van der Waals surface area contributed by atoms with Gasteiger partial charge in [-0.2, -0.15) is 0 Å². The van der Waals surface area contributed by atoms with E-state index in [-0.39, 0.29) is 24.1 Å². The Morgan fingerprint density at radius 3 is 2.70 bits per heavy atom. The number of carbonyl (C=O) groups is 3. The van der Waals surface area contributed by atoms with E-state index in [4.69, 9.17) is 0 Å². The maximum Gasteiger partial charge on any atom is 0.255 e. The summed E-state index contributed by atoms with van der Waals surface area (Å²) in [5.41, 5.74) is 2.83. The molecule has 5 rings (SSSR count). The smallest absolute Gasteiger partial charge is 0.255 e. The number of benzene rings is 1. The molecule has 1 aliphatic carbocycles. The van der Waals surface area contributed by atoms with Gasteiger partial charge in [-0.05, 0) is 42.4 Å². The van der Waals surface area contributed by atoms with E-state index in [2.05, 4.69) is 21.6 Å². The van der Waals surface area contributed by atoms with Gasteiger partial charge >= 0.3 is 0 Å². The van der Waals surface area contributed by atoms with Crippen molar-refractivity contribution in [1.82, 2.24) is 20.4 Å². The largest absolute Gasteiger partial charge is 0.322 e. The zero-order valence-corrected chi connectivity index (χ0v) is 17.4. The van der Waals surface area contributed by atoms with Crippen molar-refractivity contribution in [1.29, 1.82) is 0 Å². The zero-order chi connectivity index (χ0) is 20.7. The van der Waals surface area contributed by atoms with Crippen LogP contribution in [0.1, 0.15) is 60.0 Å². The second-order valence-electron chi connectivity index (χ2n) is 9.23. The SMILES string of the molecule is O=C1CCC(N2Cc3ccc(CN4CCNC(C5CCCC5)C4)cc3C2=O)C(=O)N1. The van der Waals surface area contributed by atoms with Crippen LogP contribution in [0.2, 0.25) is 0 Å². The van der Waals surface area contributed by atoms with Crippen LogP contribution in [0, 0.1) is 5.92 Å². The van der Waals surface area contributed by atoms with Gasteiger partial charge in [-0.1, -0.05) is 25.0 Å². The van der Waals surface area contributed by atoms with Gasteiger partial charge in [0, 0.05) is 50.7 Å². The number of nitrogens with one attached hydrogen (secondary N) is 2. The number of rotatable bonds is 4. The van der Waals surface area contributed by atoms with Crippen molar-refractivity contribution < 1.29 is 14.4 Å². The van der Waals surface area contributed by atoms with Crippen LogP contribution in [0.3, 0.4) is 0 Å². The minimum absolute atomic E-state index is 0.0921. The van der Waals surface area contributed by atoms with Crippen molar-refractivity contribution in [3.8, 4) is 0 Å². The first-order valence-electron chi connectivity index (χ1n) is 11.3. The molecule has 160 valence electrons. The van der Waals surface area contributed by atoms with E-state index in [1.165, 1.54) is 25.7 Å². The fourth-order valence-electron chi connectivity index (χ4n) is 5.62. The van der Waals surface area contributed by atoms with Gasteiger partial charge < -0.3 is 10.2 Å². The third kappa shape index (κ3) is 3.76. The molecule has 2 saturated heterocycles. The molecule has 7 heteroatoms. The van der Waals surface area contributed by atoms with E-state index in [0.29, 0.717) is 24.6 Å². The Morgan fingerprint density at radius 2 is 1.90 bits per heavy atom. The molecule has 3 amide bonds. The van der Waals surface area contributed by atoms with Crippen molar-refractivity contribution >= 4 is 17.7 Å². The molecule has 3 heterocycles. The summed E-state index contributed by atoms with van der Waals surface area (Å²) < 4.78 is 0. The van der Waals surface area contributed by atoms with E-state index in [1.807, 2.05) is 12.1 Å².